The zero-order valence-corrected chi connectivity index (χ0v) is 15.3. The summed E-state index contributed by atoms with van der Waals surface area (Å²) in [6.45, 7) is 6.13. The summed E-state index contributed by atoms with van der Waals surface area (Å²) < 4.78 is 39.9. The molecule has 26 heavy (non-hydrogen) atoms. The fraction of sp³-hybridized carbons (Fsp3) is 0.412. The summed E-state index contributed by atoms with van der Waals surface area (Å²) in [6.07, 6.45) is -2.90. The van der Waals surface area contributed by atoms with Gasteiger partial charge in [-0.1, -0.05) is 25.4 Å². The second kappa shape index (κ2) is 7.99. The third-order valence-corrected chi connectivity index (χ3v) is 4.14. The van der Waals surface area contributed by atoms with Crippen LogP contribution in [0, 0.1) is 5.92 Å². The largest absolute Gasteiger partial charge is 0.416 e. The van der Waals surface area contributed by atoms with E-state index in [2.05, 4.69) is 15.7 Å². The number of carbonyl (C=O) groups is 1. The molecule has 2 rings (SSSR count). The van der Waals surface area contributed by atoms with E-state index in [1.807, 2.05) is 20.8 Å². The van der Waals surface area contributed by atoms with Gasteiger partial charge in [0.1, 0.15) is 11.9 Å². The van der Waals surface area contributed by atoms with Crippen molar-refractivity contribution < 1.29 is 18.0 Å². The Morgan fingerprint density at radius 2 is 2.00 bits per heavy atom. The fourth-order valence-electron chi connectivity index (χ4n) is 2.41. The monoisotopic (exact) mass is 388 g/mol. The number of anilines is 2. The number of halogens is 4. The molecule has 1 amide bonds. The van der Waals surface area contributed by atoms with Crippen molar-refractivity contribution in [2.45, 2.75) is 39.5 Å². The minimum Gasteiger partial charge on any atom is -0.372 e. The molecule has 142 valence electrons. The predicted molar refractivity (Wildman–Crippen MR) is 95.2 cm³/mol. The number of benzene rings is 1. The highest BCUT2D eigenvalue weighted by molar-refractivity contribution is 6.33. The van der Waals surface area contributed by atoms with E-state index in [0.717, 1.165) is 12.1 Å². The molecule has 2 N–H and O–H groups in total. The molecular formula is C17H20ClF3N4O. The first kappa shape index (κ1) is 20.1. The summed E-state index contributed by atoms with van der Waals surface area (Å²) in [6, 6.07) is 3.97. The van der Waals surface area contributed by atoms with Crippen LogP contribution in [0.1, 0.15) is 26.3 Å². The Balaban J connectivity index is 2.19. The van der Waals surface area contributed by atoms with E-state index in [9.17, 15) is 18.0 Å². The maximum atomic E-state index is 12.8. The van der Waals surface area contributed by atoms with Crippen LogP contribution in [0.5, 0.6) is 0 Å². The number of amides is 1. The van der Waals surface area contributed by atoms with Gasteiger partial charge < -0.3 is 10.6 Å². The van der Waals surface area contributed by atoms with Crippen LogP contribution in [0.2, 0.25) is 5.02 Å². The fourth-order valence-corrected chi connectivity index (χ4v) is 2.64. The Bertz CT molecular complexity index is 774. The van der Waals surface area contributed by atoms with Crippen molar-refractivity contribution in [3.05, 3.63) is 41.0 Å². The van der Waals surface area contributed by atoms with Crippen LogP contribution < -0.4 is 10.6 Å². The van der Waals surface area contributed by atoms with Gasteiger partial charge in [-0.25, -0.2) is 4.68 Å². The predicted octanol–water partition coefficient (Wildman–Crippen LogP) is 4.65. The Labute approximate surface area is 154 Å². The SMILES string of the molecule is CCn1nccc1NC(=O)[C@H](Nc1ccc(C(F)(F)F)cc1Cl)C(C)C. The molecule has 1 aromatic carbocycles. The highest BCUT2D eigenvalue weighted by Crippen LogP contribution is 2.34. The van der Waals surface area contributed by atoms with Crippen molar-refractivity contribution in [3.63, 3.8) is 0 Å². The zero-order chi connectivity index (χ0) is 19.5. The van der Waals surface area contributed by atoms with Crippen molar-refractivity contribution >= 4 is 29.0 Å². The molecule has 0 saturated heterocycles. The molecule has 9 heteroatoms. The number of rotatable bonds is 6. The molecule has 0 aliphatic rings. The van der Waals surface area contributed by atoms with E-state index in [-0.39, 0.29) is 22.5 Å². The second-order valence-corrected chi connectivity index (χ2v) is 6.49. The molecule has 0 saturated carbocycles. The average Bonchev–Trinajstić information content (AvgIpc) is 2.99. The van der Waals surface area contributed by atoms with Crippen molar-refractivity contribution in [2.24, 2.45) is 5.92 Å². The first-order valence-corrected chi connectivity index (χ1v) is 8.47. The Morgan fingerprint density at radius 1 is 1.31 bits per heavy atom. The minimum atomic E-state index is -4.48. The van der Waals surface area contributed by atoms with E-state index < -0.39 is 17.8 Å². The van der Waals surface area contributed by atoms with Gasteiger partial charge in [-0.05, 0) is 31.0 Å². The van der Waals surface area contributed by atoms with Crippen molar-refractivity contribution in [3.8, 4) is 0 Å². The Morgan fingerprint density at radius 3 is 2.54 bits per heavy atom. The van der Waals surface area contributed by atoms with Gasteiger partial charge in [0.2, 0.25) is 5.91 Å². The first-order chi connectivity index (χ1) is 12.1. The molecule has 0 aliphatic carbocycles. The van der Waals surface area contributed by atoms with Crippen molar-refractivity contribution in [1.29, 1.82) is 0 Å². The lowest BCUT2D eigenvalue weighted by Gasteiger charge is -2.23. The molecule has 0 bridgehead atoms. The normalized spacial score (nSPS) is 12.9. The van der Waals surface area contributed by atoms with Crippen LogP contribution in [-0.4, -0.2) is 21.7 Å². The van der Waals surface area contributed by atoms with E-state index >= 15 is 0 Å². The average molecular weight is 389 g/mol. The van der Waals surface area contributed by atoms with E-state index in [1.165, 1.54) is 6.07 Å². The van der Waals surface area contributed by atoms with E-state index in [0.29, 0.717) is 12.4 Å². The number of alkyl halides is 3. The highest BCUT2D eigenvalue weighted by atomic mass is 35.5. The third kappa shape index (κ3) is 4.69. The molecule has 1 heterocycles. The third-order valence-electron chi connectivity index (χ3n) is 3.82. The van der Waals surface area contributed by atoms with Gasteiger partial charge in [0, 0.05) is 12.6 Å². The molecule has 2 aromatic rings. The molecule has 5 nitrogen and oxygen atoms in total. The van der Waals surface area contributed by atoms with Crippen LogP contribution in [0.4, 0.5) is 24.7 Å². The Kier molecular flexibility index (Phi) is 6.17. The summed E-state index contributed by atoms with van der Waals surface area (Å²) in [4.78, 5) is 12.6. The molecule has 0 fully saturated rings. The lowest BCUT2D eigenvalue weighted by atomic mass is 10.0. The van der Waals surface area contributed by atoms with Crippen LogP contribution in [0.15, 0.2) is 30.5 Å². The zero-order valence-electron chi connectivity index (χ0n) is 14.6. The Hall–Kier alpha value is -2.22. The van der Waals surface area contributed by atoms with Gasteiger partial charge in [-0.3, -0.25) is 4.79 Å². The number of hydrogen-bond acceptors (Lipinski definition) is 3. The molecule has 1 atom stereocenters. The second-order valence-electron chi connectivity index (χ2n) is 6.08. The lowest BCUT2D eigenvalue weighted by Crippen LogP contribution is -2.39. The molecule has 0 unspecified atom stereocenters. The molecule has 0 spiro atoms. The molecule has 0 aliphatic heterocycles. The number of aromatic nitrogens is 2. The van der Waals surface area contributed by atoms with Crippen LogP contribution >= 0.6 is 11.6 Å². The van der Waals surface area contributed by atoms with Crippen molar-refractivity contribution in [2.75, 3.05) is 10.6 Å². The maximum Gasteiger partial charge on any atom is 0.416 e. The van der Waals surface area contributed by atoms with Gasteiger partial charge in [0.25, 0.3) is 0 Å². The van der Waals surface area contributed by atoms with E-state index in [4.69, 9.17) is 11.6 Å². The number of nitrogens with one attached hydrogen (secondary N) is 2. The van der Waals surface area contributed by atoms with Gasteiger partial charge in [-0.2, -0.15) is 18.3 Å². The summed E-state index contributed by atoms with van der Waals surface area (Å²) in [5.41, 5.74) is -0.581. The standard InChI is InChI=1S/C17H20ClF3N4O/c1-4-25-14(7-8-22-25)24-16(26)15(10(2)3)23-13-6-5-11(9-12(13)18)17(19,20)21/h5-10,15,23H,4H2,1-3H3,(H,24,26)/t15-/m1/s1. The topological polar surface area (TPSA) is 59.0 Å². The van der Waals surface area contributed by atoms with Crippen LogP contribution in [-0.2, 0) is 17.5 Å². The van der Waals surface area contributed by atoms with Gasteiger partial charge in [-0.15, -0.1) is 0 Å². The molecule has 0 radical (unpaired) electrons. The quantitative estimate of drug-likeness (QED) is 0.757. The van der Waals surface area contributed by atoms with Gasteiger partial charge >= 0.3 is 6.18 Å². The first-order valence-electron chi connectivity index (χ1n) is 8.09. The number of carbonyl (C=O) groups excluding carboxylic acids is 1. The molecular weight excluding hydrogens is 369 g/mol. The van der Waals surface area contributed by atoms with E-state index in [1.54, 1.807) is 16.9 Å². The molecule has 1 aromatic heterocycles. The van der Waals surface area contributed by atoms with Gasteiger partial charge in [0.05, 0.1) is 22.5 Å². The summed E-state index contributed by atoms with van der Waals surface area (Å²) in [5, 5.41) is 9.68. The maximum absolute atomic E-state index is 12.8. The number of aryl methyl sites for hydroxylation is 1. The summed E-state index contributed by atoms with van der Waals surface area (Å²) in [7, 11) is 0. The van der Waals surface area contributed by atoms with Crippen molar-refractivity contribution in [1.82, 2.24) is 9.78 Å². The van der Waals surface area contributed by atoms with Gasteiger partial charge in [0.15, 0.2) is 0 Å². The number of nitrogens with zero attached hydrogens (tertiary/aromatic N) is 2. The lowest BCUT2D eigenvalue weighted by molar-refractivity contribution is -0.137. The van der Waals surface area contributed by atoms with Crippen LogP contribution in [0.3, 0.4) is 0 Å². The summed E-state index contributed by atoms with van der Waals surface area (Å²) in [5.74, 6) is 0.0842. The van der Waals surface area contributed by atoms with Crippen LogP contribution in [0.25, 0.3) is 0 Å². The summed E-state index contributed by atoms with van der Waals surface area (Å²) >= 11 is 5.97. The minimum absolute atomic E-state index is 0.100. The number of hydrogen-bond donors (Lipinski definition) is 2. The smallest absolute Gasteiger partial charge is 0.372 e. The highest BCUT2D eigenvalue weighted by Gasteiger charge is 2.31.